The number of benzene rings is 2. The number of nitrogens with zero attached hydrogens (tertiary/aromatic N) is 2. The number of amides is 1. The van der Waals surface area contributed by atoms with Gasteiger partial charge in [-0.2, -0.15) is 0 Å². The lowest BCUT2D eigenvalue weighted by atomic mass is 10.00. The van der Waals surface area contributed by atoms with Crippen molar-refractivity contribution in [1.82, 2.24) is 10.2 Å². The maximum atomic E-state index is 13.5. The van der Waals surface area contributed by atoms with Crippen LogP contribution in [0.3, 0.4) is 0 Å². The molecule has 1 aliphatic carbocycles. The number of aliphatic hydroxyl groups excluding tert-OH is 1. The number of anilines is 1. The molecule has 6 nitrogen and oxygen atoms in total. The summed E-state index contributed by atoms with van der Waals surface area (Å²) in [4.78, 5) is 18.1. The second kappa shape index (κ2) is 10.8. The smallest absolute Gasteiger partial charge is 0.225 e. The van der Waals surface area contributed by atoms with Gasteiger partial charge in [0.2, 0.25) is 5.91 Å². The first-order chi connectivity index (χ1) is 18.0. The normalized spacial score (nSPS) is 21.9. The Morgan fingerprint density at radius 1 is 1.11 bits per heavy atom. The van der Waals surface area contributed by atoms with Crippen LogP contribution in [0.5, 0.6) is 5.75 Å². The van der Waals surface area contributed by atoms with Crippen LogP contribution in [0.15, 0.2) is 47.8 Å². The van der Waals surface area contributed by atoms with Gasteiger partial charge in [0, 0.05) is 30.0 Å². The molecule has 0 bridgehead atoms. The fourth-order valence-corrected chi connectivity index (χ4v) is 6.57. The molecule has 196 valence electrons. The zero-order valence-corrected chi connectivity index (χ0v) is 22.5. The molecule has 2 aliphatic heterocycles. The zero-order valence-electron chi connectivity index (χ0n) is 20.9. The highest BCUT2D eigenvalue weighted by atomic mass is 35.5. The van der Waals surface area contributed by atoms with Crippen LogP contribution in [-0.2, 0) is 4.79 Å². The highest BCUT2D eigenvalue weighted by Gasteiger charge is 2.33. The fraction of sp³-hybridized carbons (Fsp3) is 0.483. The van der Waals surface area contributed by atoms with Gasteiger partial charge in [-0.15, -0.1) is 11.3 Å². The third-order valence-electron chi connectivity index (χ3n) is 7.84. The number of fused-ring (bicyclic) bond motifs is 1. The second-order valence-corrected chi connectivity index (χ2v) is 12.0. The zero-order chi connectivity index (χ0) is 25.4. The van der Waals surface area contributed by atoms with E-state index in [4.69, 9.17) is 16.3 Å². The van der Waals surface area contributed by atoms with Gasteiger partial charge in [0.05, 0.1) is 23.1 Å². The van der Waals surface area contributed by atoms with E-state index < -0.39 is 12.1 Å². The van der Waals surface area contributed by atoms with Crippen molar-refractivity contribution in [2.45, 2.75) is 50.4 Å². The molecule has 2 saturated heterocycles. The van der Waals surface area contributed by atoms with Gasteiger partial charge < -0.3 is 25.0 Å². The van der Waals surface area contributed by atoms with Gasteiger partial charge in [-0.25, -0.2) is 0 Å². The molecule has 1 saturated carbocycles. The average molecular weight is 540 g/mol. The molecule has 1 aromatic heterocycles. The molecule has 6 rings (SSSR count). The summed E-state index contributed by atoms with van der Waals surface area (Å²) in [5.41, 5.74) is 1.87. The number of rotatable bonds is 9. The molecule has 2 aromatic carbocycles. The Kier molecular flexibility index (Phi) is 7.30. The summed E-state index contributed by atoms with van der Waals surface area (Å²) < 4.78 is 7.13. The molecule has 3 atom stereocenters. The number of carbonyl (C=O) groups excluding carboxylic acids is 1. The van der Waals surface area contributed by atoms with E-state index in [0.717, 1.165) is 51.7 Å². The third kappa shape index (κ3) is 5.75. The SMILES string of the molecule is O=C(N[C@H](CN1CCCC1)[C@H](O)c1ccc(OC2CC2)c(Cl)c1)[C@@H]1CCN(c2ccc3ccsc3c2)C1. The Bertz CT molecular complexity index is 1260. The van der Waals surface area contributed by atoms with Crippen molar-refractivity contribution in [1.29, 1.82) is 0 Å². The predicted molar refractivity (Wildman–Crippen MR) is 150 cm³/mol. The fourth-order valence-electron chi connectivity index (χ4n) is 5.51. The molecule has 3 heterocycles. The Labute approximate surface area is 227 Å². The van der Waals surface area contributed by atoms with Crippen LogP contribution in [-0.4, -0.2) is 60.8 Å². The molecular formula is C29H34ClN3O3S. The van der Waals surface area contributed by atoms with Crippen LogP contribution in [0.1, 0.15) is 43.8 Å². The van der Waals surface area contributed by atoms with Crippen LogP contribution in [0.25, 0.3) is 10.1 Å². The molecule has 0 unspecified atom stereocenters. The van der Waals surface area contributed by atoms with Gasteiger partial charge in [0.15, 0.2) is 0 Å². The minimum Gasteiger partial charge on any atom is -0.489 e. The van der Waals surface area contributed by atoms with Crippen molar-refractivity contribution in [2.75, 3.05) is 37.6 Å². The minimum absolute atomic E-state index is 0.0164. The molecule has 37 heavy (non-hydrogen) atoms. The van der Waals surface area contributed by atoms with E-state index in [-0.39, 0.29) is 17.9 Å². The maximum Gasteiger partial charge on any atom is 0.225 e. The Morgan fingerprint density at radius 3 is 2.73 bits per heavy atom. The number of thiophene rings is 1. The van der Waals surface area contributed by atoms with Gasteiger partial charge in [-0.05, 0) is 91.9 Å². The molecule has 0 spiro atoms. The van der Waals surface area contributed by atoms with Gasteiger partial charge in [0.1, 0.15) is 11.9 Å². The van der Waals surface area contributed by atoms with E-state index in [1.165, 1.54) is 15.8 Å². The molecule has 0 radical (unpaired) electrons. The van der Waals surface area contributed by atoms with Crippen molar-refractivity contribution in [3.8, 4) is 5.75 Å². The summed E-state index contributed by atoms with van der Waals surface area (Å²) >= 11 is 8.24. The van der Waals surface area contributed by atoms with E-state index in [0.29, 0.717) is 29.4 Å². The van der Waals surface area contributed by atoms with E-state index in [2.05, 4.69) is 44.8 Å². The van der Waals surface area contributed by atoms with Crippen LogP contribution in [0.4, 0.5) is 5.69 Å². The highest BCUT2D eigenvalue weighted by Crippen LogP contribution is 2.35. The number of hydrogen-bond acceptors (Lipinski definition) is 6. The average Bonchev–Trinajstić information content (AvgIpc) is 3.30. The Hall–Kier alpha value is -2.32. The number of ether oxygens (including phenoxy) is 1. The first-order valence-corrected chi connectivity index (χ1v) is 14.7. The number of carbonyl (C=O) groups is 1. The molecule has 3 aliphatic rings. The van der Waals surface area contributed by atoms with E-state index in [1.54, 1.807) is 17.4 Å². The Balaban J connectivity index is 1.14. The first kappa shape index (κ1) is 25.0. The molecular weight excluding hydrogens is 506 g/mol. The van der Waals surface area contributed by atoms with Crippen LogP contribution < -0.4 is 15.0 Å². The molecule has 8 heteroatoms. The quantitative estimate of drug-likeness (QED) is 0.389. The van der Waals surface area contributed by atoms with Crippen molar-refractivity contribution < 1.29 is 14.6 Å². The molecule has 3 aromatic rings. The summed E-state index contributed by atoms with van der Waals surface area (Å²) in [7, 11) is 0. The summed E-state index contributed by atoms with van der Waals surface area (Å²) in [6, 6.07) is 13.7. The lowest BCUT2D eigenvalue weighted by Gasteiger charge is -2.30. The van der Waals surface area contributed by atoms with E-state index in [9.17, 15) is 9.90 Å². The van der Waals surface area contributed by atoms with Crippen molar-refractivity contribution >= 4 is 44.6 Å². The number of likely N-dealkylation sites (tertiary alicyclic amines) is 1. The third-order valence-corrected chi connectivity index (χ3v) is 9.02. The van der Waals surface area contributed by atoms with Crippen LogP contribution >= 0.6 is 22.9 Å². The Morgan fingerprint density at radius 2 is 1.95 bits per heavy atom. The van der Waals surface area contributed by atoms with Crippen LogP contribution in [0, 0.1) is 5.92 Å². The predicted octanol–water partition coefficient (Wildman–Crippen LogP) is 5.24. The van der Waals surface area contributed by atoms with Gasteiger partial charge in [0.25, 0.3) is 0 Å². The number of halogens is 1. The molecule has 3 fully saturated rings. The summed E-state index contributed by atoms with van der Waals surface area (Å²) in [5.74, 6) is 0.569. The monoisotopic (exact) mass is 539 g/mol. The van der Waals surface area contributed by atoms with Crippen molar-refractivity contribution in [2.24, 2.45) is 5.92 Å². The van der Waals surface area contributed by atoms with Crippen LogP contribution in [0.2, 0.25) is 5.02 Å². The summed E-state index contributed by atoms with van der Waals surface area (Å²) in [6.45, 7) is 4.16. The maximum absolute atomic E-state index is 13.5. The highest BCUT2D eigenvalue weighted by molar-refractivity contribution is 7.17. The van der Waals surface area contributed by atoms with Crippen molar-refractivity contribution in [3.05, 3.63) is 58.4 Å². The largest absolute Gasteiger partial charge is 0.489 e. The molecule has 1 amide bonds. The first-order valence-electron chi connectivity index (χ1n) is 13.4. The standard InChI is InChI=1S/C29H34ClN3O3S/c30-24-15-20(4-8-26(24)36-23-6-7-23)28(34)25(18-32-11-1-2-12-32)31-29(35)21-9-13-33(17-21)22-5-3-19-10-14-37-27(19)16-22/h3-5,8,10,14-16,21,23,25,28,34H,1-2,6-7,9,11-13,17-18H2,(H,31,35)/t21-,25-,28-/m1/s1. The summed E-state index contributed by atoms with van der Waals surface area (Å²) in [6.07, 6.45) is 4.64. The second-order valence-electron chi connectivity index (χ2n) is 10.6. The van der Waals surface area contributed by atoms with Gasteiger partial charge in [-0.3, -0.25) is 4.79 Å². The van der Waals surface area contributed by atoms with Crippen molar-refractivity contribution in [3.63, 3.8) is 0 Å². The van der Waals surface area contributed by atoms with E-state index in [1.807, 2.05) is 12.1 Å². The number of aliphatic hydroxyl groups is 1. The van der Waals surface area contributed by atoms with E-state index >= 15 is 0 Å². The van der Waals surface area contributed by atoms with Gasteiger partial charge >= 0.3 is 0 Å². The number of nitrogens with one attached hydrogen (secondary N) is 1. The lowest BCUT2D eigenvalue weighted by molar-refractivity contribution is -0.126. The number of hydrogen-bond donors (Lipinski definition) is 2. The molecule has 2 N–H and O–H groups in total. The minimum atomic E-state index is -0.851. The lowest BCUT2D eigenvalue weighted by Crippen LogP contribution is -2.48. The summed E-state index contributed by atoms with van der Waals surface area (Å²) in [5, 5.41) is 18.5. The van der Waals surface area contributed by atoms with Gasteiger partial charge in [-0.1, -0.05) is 23.7 Å². The topological polar surface area (TPSA) is 65.0 Å².